The van der Waals surface area contributed by atoms with Gasteiger partial charge in [-0.05, 0) is 40.8 Å². The lowest BCUT2D eigenvalue weighted by Crippen LogP contribution is -1.98. The molecule has 0 aliphatic heterocycles. The van der Waals surface area contributed by atoms with Crippen molar-refractivity contribution < 1.29 is 14.6 Å². The van der Waals surface area contributed by atoms with Crippen molar-refractivity contribution in [3.8, 4) is 11.6 Å². The van der Waals surface area contributed by atoms with Crippen LogP contribution in [0.3, 0.4) is 0 Å². The number of carboxylic acid groups (broad SMARTS) is 1. The molecule has 0 amide bonds. The van der Waals surface area contributed by atoms with Gasteiger partial charge in [-0.2, -0.15) is 0 Å². The number of nitrogens with zero attached hydrogens (tertiary/aromatic N) is 2. The van der Waals surface area contributed by atoms with Crippen LogP contribution in [0.1, 0.15) is 10.4 Å². The zero-order chi connectivity index (χ0) is 12.3. The van der Waals surface area contributed by atoms with Gasteiger partial charge in [-0.25, -0.2) is 14.8 Å². The van der Waals surface area contributed by atoms with E-state index in [0.717, 1.165) is 3.57 Å². The molecule has 2 rings (SSSR count). The normalized spacial score (nSPS) is 9.94. The molecule has 1 aromatic carbocycles. The molecule has 86 valence electrons. The first kappa shape index (κ1) is 11.8. The van der Waals surface area contributed by atoms with Gasteiger partial charge in [-0.15, -0.1) is 0 Å². The Labute approximate surface area is 111 Å². The van der Waals surface area contributed by atoms with Gasteiger partial charge in [0, 0.05) is 12.3 Å². The number of aromatic carboxylic acids is 1. The van der Waals surface area contributed by atoms with E-state index in [1.165, 1.54) is 18.5 Å². The Bertz CT molecular complexity index is 546. The molecule has 2 aromatic rings. The molecule has 0 saturated heterocycles. The van der Waals surface area contributed by atoms with E-state index in [1.807, 2.05) is 0 Å². The summed E-state index contributed by atoms with van der Waals surface area (Å²) in [6.07, 6.45) is 2.92. The molecule has 0 fully saturated rings. The minimum Gasteiger partial charge on any atom is -0.478 e. The van der Waals surface area contributed by atoms with Gasteiger partial charge in [-0.3, -0.25) is 0 Å². The number of carbonyl (C=O) groups is 1. The van der Waals surface area contributed by atoms with Crippen LogP contribution in [0, 0.1) is 3.57 Å². The van der Waals surface area contributed by atoms with E-state index >= 15 is 0 Å². The van der Waals surface area contributed by atoms with E-state index in [4.69, 9.17) is 9.84 Å². The van der Waals surface area contributed by atoms with E-state index < -0.39 is 5.97 Å². The molecule has 0 unspecified atom stereocenters. The number of ether oxygens (including phenoxy) is 1. The first-order chi connectivity index (χ1) is 8.16. The maximum atomic E-state index is 10.8. The summed E-state index contributed by atoms with van der Waals surface area (Å²) in [5, 5.41) is 8.88. The second kappa shape index (κ2) is 5.09. The fraction of sp³-hybridized carbons (Fsp3) is 0. The Hall–Kier alpha value is -1.70. The van der Waals surface area contributed by atoms with Crippen LogP contribution in [0.25, 0.3) is 0 Å². The summed E-state index contributed by atoms with van der Waals surface area (Å²) in [6.45, 7) is 0. The smallest absolute Gasteiger partial charge is 0.335 e. The molecular formula is C11H7IN2O3. The van der Waals surface area contributed by atoms with E-state index in [0.29, 0.717) is 11.6 Å². The molecule has 0 atom stereocenters. The number of hydrogen-bond acceptors (Lipinski definition) is 4. The van der Waals surface area contributed by atoms with Crippen molar-refractivity contribution >= 4 is 28.6 Å². The van der Waals surface area contributed by atoms with Crippen molar-refractivity contribution in [2.75, 3.05) is 0 Å². The minimum atomic E-state index is -0.992. The molecule has 0 spiro atoms. The minimum absolute atomic E-state index is 0.175. The third-order valence-corrected chi connectivity index (χ3v) is 2.84. The Morgan fingerprint density at radius 1 is 1.35 bits per heavy atom. The number of hydrogen-bond donors (Lipinski definition) is 1. The topological polar surface area (TPSA) is 72.3 Å². The van der Waals surface area contributed by atoms with Gasteiger partial charge in [-0.1, -0.05) is 0 Å². The SMILES string of the molecule is O=C(O)c1ccc(I)c(Oc2ccncn2)c1. The standard InChI is InChI=1S/C11H7IN2O3/c12-8-2-1-7(11(15)16)5-9(8)17-10-3-4-13-6-14-10/h1-6H,(H,15,16). The average molecular weight is 342 g/mol. The summed E-state index contributed by atoms with van der Waals surface area (Å²) < 4.78 is 6.29. The van der Waals surface area contributed by atoms with Crippen molar-refractivity contribution in [1.82, 2.24) is 9.97 Å². The molecule has 17 heavy (non-hydrogen) atoms. The van der Waals surface area contributed by atoms with Gasteiger partial charge in [0.1, 0.15) is 12.1 Å². The van der Waals surface area contributed by atoms with Crippen molar-refractivity contribution in [2.24, 2.45) is 0 Å². The summed E-state index contributed by atoms with van der Waals surface area (Å²) in [5.41, 5.74) is 0.175. The highest BCUT2D eigenvalue weighted by atomic mass is 127. The van der Waals surface area contributed by atoms with Gasteiger partial charge in [0.05, 0.1) is 9.13 Å². The highest BCUT2D eigenvalue weighted by Crippen LogP contribution is 2.26. The number of rotatable bonds is 3. The predicted octanol–water partition coefficient (Wildman–Crippen LogP) is 2.57. The molecular weight excluding hydrogens is 335 g/mol. The lowest BCUT2D eigenvalue weighted by atomic mass is 10.2. The fourth-order valence-corrected chi connectivity index (χ4v) is 1.61. The lowest BCUT2D eigenvalue weighted by Gasteiger charge is -2.07. The maximum absolute atomic E-state index is 10.8. The van der Waals surface area contributed by atoms with Crippen LogP contribution in [-0.4, -0.2) is 21.0 Å². The molecule has 1 N–H and O–H groups in total. The second-order valence-electron chi connectivity index (χ2n) is 3.10. The Morgan fingerprint density at radius 2 is 2.18 bits per heavy atom. The summed E-state index contributed by atoms with van der Waals surface area (Å²) in [4.78, 5) is 18.5. The van der Waals surface area contributed by atoms with Gasteiger partial charge in [0.15, 0.2) is 0 Å². The van der Waals surface area contributed by atoms with Gasteiger partial charge in [0.2, 0.25) is 5.88 Å². The van der Waals surface area contributed by atoms with Gasteiger partial charge < -0.3 is 9.84 Å². The first-order valence-electron chi connectivity index (χ1n) is 4.63. The summed E-state index contributed by atoms with van der Waals surface area (Å²) in [7, 11) is 0. The van der Waals surface area contributed by atoms with E-state index in [2.05, 4.69) is 32.6 Å². The highest BCUT2D eigenvalue weighted by Gasteiger charge is 2.09. The molecule has 0 aliphatic rings. The zero-order valence-electron chi connectivity index (χ0n) is 8.50. The van der Waals surface area contributed by atoms with Crippen LogP contribution in [0.15, 0.2) is 36.8 Å². The summed E-state index contributed by atoms with van der Waals surface area (Å²) >= 11 is 2.07. The molecule has 1 heterocycles. The van der Waals surface area contributed by atoms with Crippen LogP contribution in [0.2, 0.25) is 0 Å². The van der Waals surface area contributed by atoms with Crippen molar-refractivity contribution in [3.05, 3.63) is 45.9 Å². The molecule has 1 aromatic heterocycles. The Balaban J connectivity index is 2.32. The lowest BCUT2D eigenvalue weighted by molar-refractivity contribution is 0.0696. The Kier molecular flexibility index (Phi) is 3.52. The number of aromatic nitrogens is 2. The number of carboxylic acids is 1. The zero-order valence-corrected chi connectivity index (χ0v) is 10.7. The molecule has 0 radical (unpaired) electrons. The monoisotopic (exact) mass is 342 g/mol. The van der Waals surface area contributed by atoms with E-state index in [-0.39, 0.29) is 5.56 Å². The third kappa shape index (κ3) is 2.90. The number of halogens is 1. The molecule has 0 bridgehead atoms. The molecule has 0 saturated carbocycles. The third-order valence-electron chi connectivity index (χ3n) is 1.95. The first-order valence-corrected chi connectivity index (χ1v) is 5.71. The highest BCUT2D eigenvalue weighted by molar-refractivity contribution is 14.1. The fourth-order valence-electron chi connectivity index (χ4n) is 1.17. The molecule has 6 heteroatoms. The largest absolute Gasteiger partial charge is 0.478 e. The van der Waals surface area contributed by atoms with Crippen LogP contribution >= 0.6 is 22.6 Å². The molecule has 0 aliphatic carbocycles. The second-order valence-corrected chi connectivity index (χ2v) is 4.26. The van der Waals surface area contributed by atoms with Crippen molar-refractivity contribution in [3.63, 3.8) is 0 Å². The van der Waals surface area contributed by atoms with Gasteiger partial charge >= 0.3 is 5.97 Å². The van der Waals surface area contributed by atoms with Crippen LogP contribution < -0.4 is 4.74 Å². The molecule has 5 nitrogen and oxygen atoms in total. The Morgan fingerprint density at radius 3 is 2.82 bits per heavy atom. The number of benzene rings is 1. The van der Waals surface area contributed by atoms with Gasteiger partial charge in [0.25, 0.3) is 0 Å². The predicted molar refractivity (Wildman–Crippen MR) is 68.2 cm³/mol. The maximum Gasteiger partial charge on any atom is 0.335 e. The average Bonchev–Trinajstić information content (AvgIpc) is 2.33. The van der Waals surface area contributed by atoms with E-state index in [9.17, 15) is 4.79 Å². The summed E-state index contributed by atoms with van der Waals surface area (Å²) in [6, 6.07) is 6.27. The van der Waals surface area contributed by atoms with Crippen molar-refractivity contribution in [1.29, 1.82) is 0 Å². The van der Waals surface area contributed by atoms with Crippen LogP contribution in [-0.2, 0) is 0 Å². The van der Waals surface area contributed by atoms with Crippen LogP contribution in [0.4, 0.5) is 0 Å². The van der Waals surface area contributed by atoms with E-state index in [1.54, 1.807) is 18.3 Å². The summed E-state index contributed by atoms with van der Waals surface area (Å²) in [5.74, 6) is -0.154. The van der Waals surface area contributed by atoms with Crippen LogP contribution in [0.5, 0.6) is 11.6 Å². The quantitative estimate of drug-likeness (QED) is 0.868. The van der Waals surface area contributed by atoms with Crippen molar-refractivity contribution in [2.45, 2.75) is 0 Å².